The van der Waals surface area contributed by atoms with E-state index < -0.39 is 17.7 Å². The largest absolute Gasteiger partial charge is 0.391 e. The van der Waals surface area contributed by atoms with Gasteiger partial charge in [0.25, 0.3) is 0 Å². The second-order valence-electron chi connectivity index (χ2n) is 6.66. The molecule has 2 amide bonds. The molecule has 3 atom stereocenters. The standard InChI is InChI=1S/C17H25F2N3O2/c1-10(2)15(23)9-20-17(24)21-14-6-7-22(3)16(14)11-4-5-12(18)13(19)8-11/h4-5,8,10,14-16,23H,6-7,9H2,1-3H3,(H2,20,21,24). The second kappa shape index (κ2) is 7.90. The van der Waals surface area contributed by atoms with Gasteiger partial charge in [0, 0.05) is 13.1 Å². The van der Waals surface area contributed by atoms with E-state index in [-0.39, 0.29) is 30.6 Å². The number of carbonyl (C=O) groups excluding carboxylic acids is 1. The zero-order chi connectivity index (χ0) is 17.9. The molecule has 0 aromatic heterocycles. The first-order valence-electron chi connectivity index (χ1n) is 8.17. The summed E-state index contributed by atoms with van der Waals surface area (Å²) in [7, 11) is 1.88. The van der Waals surface area contributed by atoms with E-state index in [0.29, 0.717) is 12.0 Å². The van der Waals surface area contributed by atoms with Crippen molar-refractivity contribution in [2.45, 2.75) is 38.5 Å². The highest BCUT2D eigenvalue weighted by molar-refractivity contribution is 5.74. The highest BCUT2D eigenvalue weighted by Crippen LogP contribution is 2.31. The molecule has 0 radical (unpaired) electrons. The predicted octanol–water partition coefficient (Wildman–Crippen LogP) is 2.03. The highest BCUT2D eigenvalue weighted by atomic mass is 19.2. The third kappa shape index (κ3) is 4.42. The van der Waals surface area contributed by atoms with Gasteiger partial charge in [0.15, 0.2) is 11.6 Å². The smallest absolute Gasteiger partial charge is 0.315 e. The number of hydrogen-bond acceptors (Lipinski definition) is 3. The van der Waals surface area contributed by atoms with Crippen LogP contribution >= 0.6 is 0 Å². The molecule has 0 saturated carbocycles. The molecule has 0 aliphatic carbocycles. The van der Waals surface area contributed by atoms with E-state index in [1.54, 1.807) is 6.07 Å². The number of benzene rings is 1. The zero-order valence-corrected chi connectivity index (χ0v) is 14.2. The van der Waals surface area contributed by atoms with Crippen molar-refractivity contribution in [2.75, 3.05) is 20.1 Å². The molecule has 134 valence electrons. The summed E-state index contributed by atoms with van der Waals surface area (Å²) in [5, 5.41) is 15.2. The number of urea groups is 1. The Bertz CT molecular complexity index is 583. The topological polar surface area (TPSA) is 64.6 Å². The first-order valence-corrected chi connectivity index (χ1v) is 8.17. The van der Waals surface area contributed by atoms with E-state index in [0.717, 1.165) is 12.6 Å². The van der Waals surface area contributed by atoms with Crippen molar-refractivity contribution in [3.8, 4) is 0 Å². The maximum absolute atomic E-state index is 13.5. The molecule has 1 saturated heterocycles. The van der Waals surface area contributed by atoms with Crippen LogP contribution < -0.4 is 10.6 Å². The van der Waals surface area contributed by atoms with Gasteiger partial charge in [0.1, 0.15) is 0 Å². The average Bonchev–Trinajstić information content (AvgIpc) is 2.88. The van der Waals surface area contributed by atoms with Gasteiger partial charge in [0.2, 0.25) is 0 Å². The molecule has 1 aromatic rings. The lowest BCUT2D eigenvalue weighted by Crippen LogP contribution is -2.46. The van der Waals surface area contributed by atoms with Crippen LogP contribution in [0.2, 0.25) is 0 Å². The number of likely N-dealkylation sites (tertiary alicyclic amines) is 1. The van der Waals surface area contributed by atoms with Gasteiger partial charge in [0.05, 0.1) is 18.2 Å². The van der Waals surface area contributed by atoms with Crippen LogP contribution in [0.25, 0.3) is 0 Å². The Balaban J connectivity index is 2.01. The monoisotopic (exact) mass is 341 g/mol. The molecule has 0 spiro atoms. The summed E-state index contributed by atoms with van der Waals surface area (Å²) in [6.45, 7) is 4.65. The number of hydrogen-bond donors (Lipinski definition) is 3. The first kappa shape index (κ1) is 18.6. The number of halogens is 2. The normalized spacial score (nSPS) is 22.6. The minimum absolute atomic E-state index is 0.0536. The Labute approximate surface area is 141 Å². The van der Waals surface area contributed by atoms with E-state index in [2.05, 4.69) is 10.6 Å². The van der Waals surface area contributed by atoms with Crippen LogP contribution in [0.15, 0.2) is 18.2 Å². The summed E-state index contributed by atoms with van der Waals surface area (Å²) >= 11 is 0. The van der Waals surface area contributed by atoms with Crippen molar-refractivity contribution in [2.24, 2.45) is 5.92 Å². The molecule has 24 heavy (non-hydrogen) atoms. The zero-order valence-electron chi connectivity index (χ0n) is 14.2. The molecule has 3 N–H and O–H groups in total. The number of likely N-dealkylation sites (N-methyl/N-ethyl adjacent to an activating group) is 1. The molecule has 7 heteroatoms. The summed E-state index contributed by atoms with van der Waals surface area (Å²) in [6, 6.07) is 3.02. The maximum Gasteiger partial charge on any atom is 0.315 e. The van der Waals surface area contributed by atoms with Crippen LogP contribution in [0, 0.1) is 17.6 Å². The second-order valence-corrected chi connectivity index (χ2v) is 6.66. The average molecular weight is 341 g/mol. The molecule has 1 aliphatic heterocycles. The first-order chi connectivity index (χ1) is 11.3. The minimum Gasteiger partial charge on any atom is -0.391 e. The predicted molar refractivity (Wildman–Crippen MR) is 87.5 cm³/mol. The SMILES string of the molecule is CC(C)C(O)CNC(=O)NC1CCN(C)C1c1ccc(F)c(F)c1. The number of amides is 2. The summed E-state index contributed by atoms with van der Waals surface area (Å²) in [5.41, 5.74) is 0.626. The molecule has 1 fully saturated rings. The number of aliphatic hydroxyl groups excluding tert-OH is 1. The van der Waals surface area contributed by atoms with Crippen LogP contribution in [0.5, 0.6) is 0 Å². The van der Waals surface area contributed by atoms with Gasteiger partial charge < -0.3 is 15.7 Å². The Morgan fingerprint density at radius 2 is 2.08 bits per heavy atom. The number of nitrogens with one attached hydrogen (secondary N) is 2. The van der Waals surface area contributed by atoms with Gasteiger partial charge in [-0.1, -0.05) is 19.9 Å². The van der Waals surface area contributed by atoms with Crippen LogP contribution in [-0.2, 0) is 0 Å². The maximum atomic E-state index is 13.5. The van der Waals surface area contributed by atoms with Crippen molar-refractivity contribution in [1.82, 2.24) is 15.5 Å². The molecular weight excluding hydrogens is 316 g/mol. The molecule has 3 unspecified atom stereocenters. The fraction of sp³-hybridized carbons (Fsp3) is 0.588. The summed E-state index contributed by atoms with van der Waals surface area (Å²) in [4.78, 5) is 14.0. The highest BCUT2D eigenvalue weighted by Gasteiger charge is 2.34. The molecule has 5 nitrogen and oxygen atoms in total. The van der Waals surface area contributed by atoms with E-state index in [9.17, 15) is 18.7 Å². The molecule has 0 bridgehead atoms. The van der Waals surface area contributed by atoms with E-state index in [1.807, 2.05) is 25.8 Å². The van der Waals surface area contributed by atoms with Crippen molar-refractivity contribution < 1.29 is 18.7 Å². The van der Waals surface area contributed by atoms with Crippen LogP contribution in [-0.4, -0.2) is 48.3 Å². The lowest BCUT2D eigenvalue weighted by molar-refractivity contribution is 0.124. The van der Waals surface area contributed by atoms with Gasteiger partial charge in [-0.2, -0.15) is 0 Å². The fourth-order valence-electron chi connectivity index (χ4n) is 2.93. The molecule has 1 aliphatic rings. The van der Waals surface area contributed by atoms with E-state index in [4.69, 9.17) is 0 Å². The molecule has 1 aromatic carbocycles. The number of nitrogens with zero attached hydrogens (tertiary/aromatic N) is 1. The Kier molecular flexibility index (Phi) is 6.12. The Morgan fingerprint density at radius 1 is 1.38 bits per heavy atom. The van der Waals surface area contributed by atoms with Crippen LogP contribution in [0.1, 0.15) is 31.9 Å². The van der Waals surface area contributed by atoms with Crippen LogP contribution in [0.4, 0.5) is 13.6 Å². The third-order valence-electron chi connectivity index (χ3n) is 4.49. The van der Waals surface area contributed by atoms with Gasteiger partial charge in [-0.25, -0.2) is 13.6 Å². The minimum atomic E-state index is -0.893. The van der Waals surface area contributed by atoms with Crippen molar-refractivity contribution in [1.29, 1.82) is 0 Å². The fourth-order valence-corrected chi connectivity index (χ4v) is 2.93. The summed E-state index contributed by atoms with van der Waals surface area (Å²) in [5.74, 6) is -1.72. The quantitative estimate of drug-likeness (QED) is 0.768. The molecule has 1 heterocycles. The number of rotatable bonds is 5. The van der Waals surface area contributed by atoms with Crippen molar-refractivity contribution in [3.63, 3.8) is 0 Å². The summed E-state index contributed by atoms with van der Waals surface area (Å²) in [6.07, 6.45) is 0.101. The number of carbonyl (C=O) groups is 1. The molecule has 2 rings (SSSR count). The molecular formula is C17H25F2N3O2. The van der Waals surface area contributed by atoms with Gasteiger partial charge in [-0.3, -0.25) is 4.90 Å². The van der Waals surface area contributed by atoms with Crippen molar-refractivity contribution in [3.05, 3.63) is 35.4 Å². The van der Waals surface area contributed by atoms with Crippen LogP contribution in [0.3, 0.4) is 0 Å². The number of aliphatic hydroxyl groups is 1. The van der Waals surface area contributed by atoms with Gasteiger partial charge in [-0.15, -0.1) is 0 Å². The lowest BCUT2D eigenvalue weighted by atomic mass is 10.00. The van der Waals surface area contributed by atoms with Gasteiger partial charge in [-0.05, 0) is 37.1 Å². The van der Waals surface area contributed by atoms with Gasteiger partial charge >= 0.3 is 6.03 Å². The van der Waals surface area contributed by atoms with E-state index >= 15 is 0 Å². The summed E-state index contributed by atoms with van der Waals surface area (Å²) < 4.78 is 26.7. The lowest BCUT2D eigenvalue weighted by Gasteiger charge is -2.26. The van der Waals surface area contributed by atoms with E-state index in [1.165, 1.54) is 6.07 Å². The van der Waals surface area contributed by atoms with Crippen molar-refractivity contribution >= 4 is 6.03 Å². The third-order valence-corrected chi connectivity index (χ3v) is 4.49. The Hall–Kier alpha value is -1.73. The Morgan fingerprint density at radius 3 is 2.71 bits per heavy atom.